The lowest BCUT2D eigenvalue weighted by Crippen LogP contribution is -2.47. The smallest absolute Gasteiger partial charge is 0.255 e. The second kappa shape index (κ2) is 7.73. The third-order valence-corrected chi connectivity index (χ3v) is 3.94. The number of hydrogen-bond acceptors (Lipinski definition) is 5. The van der Waals surface area contributed by atoms with Gasteiger partial charge in [-0.3, -0.25) is 9.59 Å². The molecule has 0 saturated heterocycles. The molecule has 0 saturated carbocycles. The van der Waals surface area contributed by atoms with Gasteiger partial charge in [0.15, 0.2) is 5.13 Å². The van der Waals surface area contributed by atoms with E-state index in [4.69, 9.17) is 4.74 Å². The van der Waals surface area contributed by atoms with Gasteiger partial charge >= 0.3 is 0 Å². The number of thiazole rings is 1. The molecule has 2 rings (SSSR count). The molecular weight excluding hydrogens is 314 g/mol. The third-order valence-electron chi connectivity index (χ3n) is 3.25. The molecule has 6 nitrogen and oxygen atoms in total. The SMILES string of the molecule is COc1ccccc1C(=O)N[C@@H](C(=O)Nc1nccs1)C(C)C. The van der Waals surface area contributed by atoms with Crippen molar-refractivity contribution >= 4 is 28.3 Å². The van der Waals surface area contributed by atoms with Gasteiger partial charge in [-0.05, 0) is 18.1 Å². The molecule has 1 aromatic heterocycles. The topological polar surface area (TPSA) is 80.3 Å². The molecule has 0 aliphatic heterocycles. The minimum absolute atomic E-state index is 0.0754. The molecule has 0 spiro atoms. The summed E-state index contributed by atoms with van der Waals surface area (Å²) in [7, 11) is 1.50. The molecular formula is C16H19N3O3S. The molecule has 1 heterocycles. The van der Waals surface area contributed by atoms with Gasteiger partial charge in [0.25, 0.3) is 5.91 Å². The lowest BCUT2D eigenvalue weighted by atomic mass is 10.0. The van der Waals surface area contributed by atoms with Crippen LogP contribution in [-0.4, -0.2) is 29.9 Å². The number of methoxy groups -OCH3 is 1. The minimum Gasteiger partial charge on any atom is -0.496 e. The van der Waals surface area contributed by atoms with Crippen molar-refractivity contribution in [2.45, 2.75) is 19.9 Å². The summed E-state index contributed by atoms with van der Waals surface area (Å²) in [6.07, 6.45) is 1.61. The van der Waals surface area contributed by atoms with Gasteiger partial charge in [-0.15, -0.1) is 11.3 Å². The number of carbonyl (C=O) groups excluding carboxylic acids is 2. The first-order valence-corrected chi connectivity index (χ1v) is 8.05. The molecule has 1 atom stereocenters. The van der Waals surface area contributed by atoms with Gasteiger partial charge in [-0.25, -0.2) is 4.98 Å². The van der Waals surface area contributed by atoms with E-state index in [-0.39, 0.29) is 17.7 Å². The number of ether oxygens (including phenoxy) is 1. The largest absolute Gasteiger partial charge is 0.496 e. The van der Waals surface area contributed by atoms with Crippen LogP contribution in [0.25, 0.3) is 0 Å². The standard InChI is InChI=1S/C16H19N3O3S/c1-10(2)13(15(21)19-16-17-8-9-23-16)18-14(20)11-6-4-5-7-12(11)22-3/h4-10,13H,1-3H3,(H,18,20)(H,17,19,21)/t13-/m1/s1. The van der Waals surface area contributed by atoms with E-state index >= 15 is 0 Å². The van der Waals surface area contributed by atoms with Crippen molar-refractivity contribution in [1.29, 1.82) is 0 Å². The molecule has 0 radical (unpaired) electrons. The molecule has 7 heteroatoms. The number of hydrogen-bond donors (Lipinski definition) is 2. The second-order valence-corrected chi connectivity index (χ2v) is 6.12. The average Bonchev–Trinajstić information content (AvgIpc) is 3.04. The lowest BCUT2D eigenvalue weighted by molar-refractivity contribution is -0.118. The van der Waals surface area contributed by atoms with Gasteiger partial charge in [-0.2, -0.15) is 0 Å². The van der Waals surface area contributed by atoms with Crippen molar-refractivity contribution in [3.8, 4) is 5.75 Å². The quantitative estimate of drug-likeness (QED) is 0.851. The highest BCUT2D eigenvalue weighted by Gasteiger charge is 2.26. The maximum absolute atomic E-state index is 12.5. The summed E-state index contributed by atoms with van der Waals surface area (Å²) in [6, 6.07) is 6.22. The third kappa shape index (κ3) is 4.29. The van der Waals surface area contributed by atoms with E-state index in [1.807, 2.05) is 13.8 Å². The van der Waals surface area contributed by atoms with Crippen molar-refractivity contribution in [2.75, 3.05) is 12.4 Å². The Bertz CT molecular complexity index is 671. The molecule has 0 aliphatic rings. The van der Waals surface area contributed by atoms with Gasteiger partial charge in [0, 0.05) is 11.6 Å². The summed E-state index contributed by atoms with van der Waals surface area (Å²) in [6.45, 7) is 3.74. The van der Waals surface area contributed by atoms with E-state index in [0.29, 0.717) is 16.4 Å². The zero-order valence-corrected chi connectivity index (χ0v) is 14.0. The highest BCUT2D eigenvalue weighted by atomic mass is 32.1. The predicted molar refractivity (Wildman–Crippen MR) is 89.8 cm³/mol. The number of amides is 2. The van der Waals surface area contributed by atoms with Crippen molar-refractivity contribution in [2.24, 2.45) is 5.92 Å². The van der Waals surface area contributed by atoms with Crippen LogP contribution in [0.3, 0.4) is 0 Å². The summed E-state index contributed by atoms with van der Waals surface area (Å²) in [5.41, 5.74) is 0.391. The number of nitrogens with one attached hydrogen (secondary N) is 2. The molecule has 122 valence electrons. The predicted octanol–water partition coefficient (Wildman–Crippen LogP) is 2.54. The van der Waals surface area contributed by atoms with Crippen LogP contribution < -0.4 is 15.4 Å². The number of para-hydroxylation sites is 1. The van der Waals surface area contributed by atoms with Crippen molar-refractivity contribution in [3.05, 3.63) is 41.4 Å². The van der Waals surface area contributed by atoms with Crippen molar-refractivity contribution in [3.63, 3.8) is 0 Å². The summed E-state index contributed by atoms with van der Waals surface area (Å²) in [4.78, 5) is 28.9. The second-order valence-electron chi connectivity index (χ2n) is 5.22. The zero-order valence-electron chi connectivity index (χ0n) is 13.2. The van der Waals surface area contributed by atoms with E-state index < -0.39 is 6.04 Å². The van der Waals surface area contributed by atoms with Crippen LogP contribution >= 0.6 is 11.3 Å². The zero-order chi connectivity index (χ0) is 16.8. The number of benzene rings is 1. The Hall–Kier alpha value is -2.41. The molecule has 0 unspecified atom stereocenters. The first-order valence-electron chi connectivity index (χ1n) is 7.17. The van der Waals surface area contributed by atoms with Crippen LogP contribution in [-0.2, 0) is 4.79 Å². The normalized spacial score (nSPS) is 11.8. The molecule has 1 aromatic carbocycles. The first kappa shape index (κ1) is 17.0. The molecule has 0 fully saturated rings. The maximum atomic E-state index is 12.5. The Labute approximate surface area is 138 Å². The van der Waals surface area contributed by atoms with Gasteiger partial charge in [0.1, 0.15) is 11.8 Å². The Morgan fingerprint density at radius 2 is 2.00 bits per heavy atom. The highest BCUT2D eigenvalue weighted by Crippen LogP contribution is 2.18. The van der Waals surface area contributed by atoms with E-state index in [9.17, 15) is 9.59 Å². The van der Waals surface area contributed by atoms with E-state index in [0.717, 1.165) is 0 Å². The Morgan fingerprint density at radius 3 is 2.61 bits per heavy atom. The molecule has 23 heavy (non-hydrogen) atoms. The fourth-order valence-corrected chi connectivity index (χ4v) is 2.59. The summed E-state index contributed by atoms with van der Waals surface area (Å²) in [5, 5.41) is 7.75. The molecule has 0 aliphatic carbocycles. The van der Waals surface area contributed by atoms with Crippen LogP contribution in [0.2, 0.25) is 0 Å². The van der Waals surface area contributed by atoms with E-state index in [1.165, 1.54) is 18.4 Å². The molecule has 0 bridgehead atoms. The number of nitrogens with zero attached hydrogens (tertiary/aromatic N) is 1. The van der Waals surface area contributed by atoms with E-state index in [2.05, 4.69) is 15.6 Å². The minimum atomic E-state index is -0.670. The van der Waals surface area contributed by atoms with Crippen LogP contribution in [0.1, 0.15) is 24.2 Å². The maximum Gasteiger partial charge on any atom is 0.255 e. The first-order chi connectivity index (χ1) is 11.0. The summed E-state index contributed by atoms with van der Waals surface area (Å²) in [5.74, 6) is -0.255. The monoisotopic (exact) mass is 333 g/mol. The number of rotatable bonds is 6. The number of aromatic nitrogens is 1. The van der Waals surface area contributed by atoms with Crippen molar-refractivity contribution in [1.82, 2.24) is 10.3 Å². The van der Waals surface area contributed by atoms with Gasteiger partial charge in [-0.1, -0.05) is 26.0 Å². The van der Waals surface area contributed by atoms with Gasteiger partial charge in [0.2, 0.25) is 5.91 Å². The van der Waals surface area contributed by atoms with Gasteiger partial charge in [0.05, 0.1) is 12.7 Å². The Morgan fingerprint density at radius 1 is 1.26 bits per heavy atom. The lowest BCUT2D eigenvalue weighted by Gasteiger charge is -2.21. The van der Waals surface area contributed by atoms with Crippen LogP contribution in [0.5, 0.6) is 5.75 Å². The fraction of sp³-hybridized carbons (Fsp3) is 0.312. The van der Waals surface area contributed by atoms with E-state index in [1.54, 1.807) is 35.8 Å². The Balaban J connectivity index is 2.12. The van der Waals surface area contributed by atoms with Crippen LogP contribution in [0, 0.1) is 5.92 Å². The number of carbonyl (C=O) groups is 2. The summed E-state index contributed by atoms with van der Waals surface area (Å²) < 4.78 is 5.18. The summed E-state index contributed by atoms with van der Waals surface area (Å²) >= 11 is 1.33. The molecule has 2 aromatic rings. The van der Waals surface area contributed by atoms with Crippen LogP contribution in [0.15, 0.2) is 35.8 Å². The van der Waals surface area contributed by atoms with Gasteiger partial charge < -0.3 is 15.4 Å². The fourth-order valence-electron chi connectivity index (χ4n) is 2.05. The Kier molecular flexibility index (Phi) is 5.70. The molecule has 2 amide bonds. The average molecular weight is 333 g/mol. The van der Waals surface area contributed by atoms with Crippen molar-refractivity contribution < 1.29 is 14.3 Å². The molecule has 2 N–H and O–H groups in total. The highest BCUT2D eigenvalue weighted by molar-refractivity contribution is 7.13. The number of anilines is 1. The van der Waals surface area contributed by atoms with Crippen LogP contribution in [0.4, 0.5) is 5.13 Å².